The summed E-state index contributed by atoms with van der Waals surface area (Å²) in [5, 5.41) is 1.83. The fraction of sp³-hybridized carbons (Fsp3) is 0.500. The van der Waals surface area contributed by atoms with Crippen LogP contribution in [0.1, 0.15) is 17.3 Å². The van der Waals surface area contributed by atoms with Gasteiger partial charge < -0.3 is 10.2 Å². The maximum Gasteiger partial charge on any atom is 0.405 e. The monoisotopic (exact) mass is 361 g/mol. The highest BCUT2D eigenvalue weighted by atomic mass is 19.4. The second-order valence-electron chi connectivity index (χ2n) is 5.88. The third-order valence-electron chi connectivity index (χ3n) is 3.92. The van der Waals surface area contributed by atoms with E-state index >= 15 is 0 Å². The average Bonchev–Trinajstić information content (AvgIpc) is 2.53. The number of alkyl halides is 3. The van der Waals surface area contributed by atoms with Gasteiger partial charge >= 0.3 is 6.18 Å². The van der Waals surface area contributed by atoms with E-state index in [-0.39, 0.29) is 12.3 Å². The van der Waals surface area contributed by atoms with E-state index < -0.39 is 24.4 Å². The molecule has 5 nitrogen and oxygen atoms in total. The minimum absolute atomic E-state index is 0.129. The lowest BCUT2D eigenvalue weighted by atomic mass is 10.1. The van der Waals surface area contributed by atoms with Gasteiger partial charge in [-0.3, -0.25) is 14.5 Å². The van der Waals surface area contributed by atoms with E-state index in [0.29, 0.717) is 37.4 Å². The Hall–Kier alpha value is -2.16. The van der Waals surface area contributed by atoms with Crippen LogP contribution in [-0.2, 0) is 4.79 Å². The van der Waals surface area contributed by atoms with E-state index in [4.69, 9.17) is 0 Å². The number of hydrogen-bond acceptors (Lipinski definition) is 4. The second-order valence-corrected chi connectivity index (χ2v) is 5.88. The first-order chi connectivity index (χ1) is 11.7. The maximum absolute atomic E-state index is 14.1. The van der Waals surface area contributed by atoms with Gasteiger partial charge in [0.25, 0.3) is 0 Å². The van der Waals surface area contributed by atoms with Gasteiger partial charge in [-0.1, -0.05) is 0 Å². The van der Waals surface area contributed by atoms with Crippen molar-refractivity contribution in [3.63, 3.8) is 0 Å². The van der Waals surface area contributed by atoms with Crippen LogP contribution in [0.3, 0.4) is 0 Å². The Bertz CT molecular complexity index is 641. The zero-order chi connectivity index (χ0) is 18.6. The summed E-state index contributed by atoms with van der Waals surface area (Å²) in [4.78, 5) is 26.3. The van der Waals surface area contributed by atoms with Crippen molar-refractivity contribution < 1.29 is 27.2 Å². The lowest BCUT2D eigenvalue weighted by molar-refractivity contribution is -0.139. The van der Waals surface area contributed by atoms with E-state index in [1.165, 1.54) is 19.1 Å². The van der Waals surface area contributed by atoms with Crippen LogP contribution in [-0.4, -0.2) is 62.0 Å². The van der Waals surface area contributed by atoms with Crippen molar-refractivity contribution in [2.75, 3.05) is 44.2 Å². The largest absolute Gasteiger partial charge is 0.405 e. The van der Waals surface area contributed by atoms with Gasteiger partial charge in [0.15, 0.2) is 5.78 Å². The number of rotatable bonds is 5. The van der Waals surface area contributed by atoms with E-state index in [1.54, 1.807) is 15.9 Å². The highest BCUT2D eigenvalue weighted by Crippen LogP contribution is 2.22. The normalized spacial score (nSPS) is 16.0. The summed E-state index contributed by atoms with van der Waals surface area (Å²) in [7, 11) is 0. The van der Waals surface area contributed by atoms with Gasteiger partial charge in [0.2, 0.25) is 5.91 Å². The van der Waals surface area contributed by atoms with Crippen molar-refractivity contribution in [3.8, 4) is 0 Å². The van der Waals surface area contributed by atoms with E-state index in [1.807, 2.05) is 5.32 Å². The molecule has 1 N–H and O–H groups in total. The van der Waals surface area contributed by atoms with Crippen molar-refractivity contribution in [1.29, 1.82) is 0 Å². The number of carbonyl (C=O) groups is 2. The van der Waals surface area contributed by atoms with Crippen LogP contribution in [0.15, 0.2) is 18.2 Å². The molecule has 25 heavy (non-hydrogen) atoms. The molecule has 9 heteroatoms. The Balaban J connectivity index is 1.85. The third kappa shape index (κ3) is 5.70. The number of benzene rings is 1. The second kappa shape index (κ2) is 7.81. The molecular weight excluding hydrogens is 342 g/mol. The Morgan fingerprint density at radius 2 is 1.80 bits per heavy atom. The molecule has 1 aliphatic rings. The van der Waals surface area contributed by atoms with E-state index in [2.05, 4.69) is 0 Å². The molecule has 1 fully saturated rings. The first kappa shape index (κ1) is 19.2. The Morgan fingerprint density at radius 1 is 1.16 bits per heavy atom. The quantitative estimate of drug-likeness (QED) is 0.642. The summed E-state index contributed by atoms with van der Waals surface area (Å²) in [5.41, 5.74) is 0.660. The molecule has 0 spiro atoms. The number of nitrogens with zero attached hydrogens (tertiary/aromatic N) is 2. The number of piperazine rings is 1. The van der Waals surface area contributed by atoms with Crippen molar-refractivity contribution in [2.45, 2.75) is 13.1 Å². The molecule has 138 valence electrons. The SMILES string of the molecule is CC(=O)c1ccc(N2CCN(CC(=O)NCC(F)(F)F)CC2)c(F)c1. The highest BCUT2D eigenvalue weighted by Gasteiger charge is 2.28. The summed E-state index contributed by atoms with van der Waals surface area (Å²) in [6, 6.07) is 4.28. The predicted octanol–water partition coefficient (Wildman–Crippen LogP) is 1.83. The lowest BCUT2D eigenvalue weighted by Gasteiger charge is -2.35. The number of halogens is 4. The molecule has 0 bridgehead atoms. The van der Waals surface area contributed by atoms with Gasteiger partial charge in [0, 0.05) is 31.7 Å². The van der Waals surface area contributed by atoms with Crippen LogP contribution >= 0.6 is 0 Å². The molecule has 1 amide bonds. The predicted molar refractivity (Wildman–Crippen MR) is 84.1 cm³/mol. The summed E-state index contributed by atoms with van der Waals surface area (Å²) >= 11 is 0. The number of carbonyl (C=O) groups excluding carboxylic acids is 2. The molecule has 1 saturated heterocycles. The molecular formula is C16H19F4N3O2. The number of anilines is 1. The van der Waals surface area contributed by atoms with Gasteiger partial charge in [-0.25, -0.2) is 4.39 Å². The number of Topliss-reactive ketones (excluding diaryl/α,β-unsaturated/α-hetero) is 1. The zero-order valence-corrected chi connectivity index (χ0v) is 13.7. The van der Waals surface area contributed by atoms with E-state index in [0.717, 1.165) is 0 Å². The van der Waals surface area contributed by atoms with Crippen molar-refractivity contribution in [3.05, 3.63) is 29.6 Å². The summed E-state index contributed by atoms with van der Waals surface area (Å²) in [6.45, 7) is 1.60. The standard InChI is InChI=1S/C16H19F4N3O2/c1-11(24)12-2-3-14(13(17)8-12)23-6-4-22(5-7-23)9-15(25)21-10-16(18,19)20/h2-3,8H,4-7,9-10H2,1H3,(H,21,25). The first-order valence-electron chi connectivity index (χ1n) is 7.77. The van der Waals surface area contributed by atoms with Crippen LogP contribution in [0.4, 0.5) is 23.2 Å². The third-order valence-corrected chi connectivity index (χ3v) is 3.92. The fourth-order valence-corrected chi connectivity index (χ4v) is 2.59. The van der Waals surface area contributed by atoms with Crippen LogP contribution in [0.25, 0.3) is 0 Å². The minimum atomic E-state index is -4.43. The molecule has 1 aromatic carbocycles. The van der Waals surface area contributed by atoms with Crippen molar-refractivity contribution in [2.24, 2.45) is 0 Å². The smallest absolute Gasteiger partial charge is 0.367 e. The van der Waals surface area contributed by atoms with Crippen molar-refractivity contribution >= 4 is 17.4 Å². The average molecular weight is 361 g/mol. The molecule has 0 atom stereocenters. The summed E-state index contributed by atoms with van der Waals surface area (Å²) in [5.74, 6) is -1.41. The Labute approximate surface area is 142 Å². The molecule has 0 aliphatic carbocycles. The highest BCUT2D eigenvalue weighted by molar-refractivity contribution is 5.94. The van der Waals surface area contributed by atoms with Crippen LogP contribution in [0.5, 0.6) is 0 Å². The molecule has 1 aliphatic heterocycles. The van der Waals surface area contributed by atoms with Crippen molar-refractivity contribution in [1.82, 2.24) is 10.2 Å². The minimum Gasteiger partial charge on any atom is -0.367 e. The summed E-state index contributed by atoms with van der Waals surface area (Å²) < 4.78 is 50.3. The first-order valence-corrected chi connectivity index (χ1v) is 7.77. The van der Waals surface area contributed by atoms with Gasteiger partial charge in [-0.15, -0.1) is 0 Å². The molecule has 0 aromatic heterocycles. The molecule has 0 saturated carbocycles. The van der Waals surface area contributed by atoms with E-state index in [9.17, 15) is 27.2 Å². The lowest BCUT2D eigenvalue weighted by Crippen LogP contribution is -2.50. The summed E-state index contributed by atoms with van der Waals surface area (Å²) in [6.07, 6.45) is -4.43. The number of hydrogen-bond donors (Lipinski definition) is 1. The molecule has 0 unspecified atom stereocenters. The maximum atomic E-state index is 14.1. The van der Waals surface area contributed by atoms with Gasteiger partial charge in [-0.2, -0.15) is 13.2 Å². The number of ketones is 1. The van der Waals surface area contributed by atoms with Gasteiger partial charge in [0.1, 0.15) is 12.4 Å². The Morgan fingerprint density at radius 3 is 2.32 bits per heavy atom. The van der Waals surface area contributed by atoms with Gasteiger partial charge in [-0.05, 0) is 25.1 Å². The Kier molecular flexibility index (Phi) is 5.99. The fourth-order valence-electron chi connectivity index (χ4n) is 2.59. The number of amides is 1. The molecule has 1 aromatic rings. The molecule has 0 radical (unpaired) electrons. The molecule has 2 rings (SSSR count). The van der Waals surface area contributed by atoms with Gasteiger partial charge in [0.05, 0.1) is 12.2 Å². The topological polar surface area (TPSA) is 52.7 Å². The molecule has 1 heterocycles. The van der Waals surface area contributed by atoms with Crippen LogP contribution < -0.4 is 10.2 Å². The van der Waals surface area contributed by atoms with Crippen LogP contribution in [0.2, 0.25) is 0 Å². The number of nitrogens with one attached hydrogen (secondary N) is 1. The zero-order valence-electron chi connectivity index (χ0n) is 13.7. The van der Waals surface area contributed by atoms with Crippen LogP contribution in [0, 0.1) is 5.82 Å².